The fourth-order valence-corrected chi connectivity index (χ4v) is 9.92. The Hall–Kier alpha value is -5.09. The number of cyclic esters (lactones) is 1. The van der Waals surface area contributed by atoms with E-state index >= 15 is 0 Å². The summed E-state index contributed by atoms with van der Waals surface area (Å²) in [6.07, 6.45) is 5.43. The molecule has 316 valence electrons. The molecular weight excluding hydrogens is 781 g/mol. The average Bonchev–Trinajstić information content (AvgIpc) is 3.55. The number of hydrogen-bond donors (Lipinski definition) is 2. The zero-order chi connectivity index (χ0) is 42.3. The minimum absolute atomic E-state index is 0.0127. The highest BCUT2D eigenvalue weighted by molar-refractivity contribution is 7.10. The van der Waals surface area contributed by atoms with E-state index in [0.717, 1.165) is 50.4 Å². The molecular formula is C45H54N8O6S. The molecule has 2 amide bonds. The Bertz CT molecular complexity index is 2380. The van der Waals surface area contributed by atoms with E-state index in [0.29, 0.717) is 37.4 Å². The van der Waals surface area contributed by atoms with E-state index < -0.39 is 41.4 Å². The number of esters is 1. The lowest BCUT2D eigenvalue weighted by Crippen LogP contribution is -2.61. The number of hydrazine groups is 1. The van der Waals surface area contributed by atoms with Crippen molar-refractivity contribution >= 4 is 40.0 Å². The zero-order valence-electron chi connectivity index (χ0n) is 35.3. The lowest BCUT2D eigenvalue weighted by Gasteiger charge is -2.37. The van der Waals surface area contributed by atoms with Crippen molar-refractivity contribution in [3.63, 3.8) is 0 Å². The van der Waals surface area contributed by atoms with Crippen LogP contribution in [0.15, 0.2) is 60.5 Å². The molecule has 8 rings (SSSR count). The Balaban J connectivity index is 1.25. The number of methoxy groups -OCH3 is 1. The Morgan fingerprint density at radius 1 is 1.15 bits per heavy atom. The normalized spacial score (nSPS) is 24.8. The minimum Gasteiger partial charge on any atom is -0.464 e. The number of nitrogens with zero attached hydrogens (tertiary/aromatic N) is 6. The number of nitrogens with one attached hydrogen (secondary N) is 2. The van der Waals surface area contributed by atoms with E-state index in [-0.39, 0.29) is 37.1 Å². The fourth-order valence-electron chi connectivity index (χ4n) is 9.00. The number of carbonyl (C=O) groups excluding carboxylic acids is 3. The predicted molar refractivity (Wildman–Crippen MR) is 227 cm³/mol. The molecule has 2 aliphatic heterocycles. The van der Waals surface area contributed by atoms with Gasteiger partial charge < -0.3 is 24.1 Å². The van der Waals surface area contributed by atoms with E-state index in [4.69, 9.17) is 24.2 Å². The van der Waals surface area contributed by atoms with Crippen molar-refractivity contribution in [2.24, 2.45) is 17.3 Å². The van der Waals surface area contributed by atoms with Gasteiger partial charge in [0.15, 0.2) is 0 Å². The number of amides is 2. The van der Waals surface area contributed by atoms with Crippen LogP contribution < -0.4 is 10.7 Å². The van der Waals surface area contributed by atoms with Crippen LogP contribution in [0.5, 0.6) is 0 Å². The summed E-state index contributed by atoms with van der Waals surface area (Å²) in [6, 6.07) is 10.4. The van der Waals surface area contributed by atoms with Gasteiger partial charge in [-0.3, -0.25) is 24.4 Å². The number of pyridine rings is 1. The number of carbonyl (C=O) groups is 3. The van der Waals surface area contributed by atoms with Gasteiger partial charge in [-0.25, -0.2) is 20.4 Å². The van der Waals surface area contributed by atoms with Gasteiger partial charge in [-0.2, -0.15) is 0 Å². The van der Waals surface area contributed by atoms with Crippen LogP contribution in [0.2, 0.25) is 0 Å². The van der Waals surface area contributed by atoms with Gasteiger partial charge in [0.05, 0.1) is 29.8 Å². The molecule has 14 nitrogen and oxygen atoms in total. The summed E-state index contributed by atoms with van der Waals surface area (Å²) >= 11 is 1.39. The summed E-state index contributed by atoms with van der Waals surface area (Å²) in [6.45, 7) is 13.7. The molecule has 2 fully saturated rings. The smallest absolute Gasteiger partial charge is 0.324 e. The molecule has 7 atom stereocenters. The first kappa shape index (κ1) is 41.6. The second-order valence-electron chi connectivity index (χ2n) is 16.9. The number of ether oxygens (including phenoxy) is 3. The zero-order valence-corrected chi connectivity index (χ0v) is 36.1. The lowest BCUT2D eigenvalue weighted by atomic mass is 9.84. The first-order valence-electron chi connectivity index (χ1n) is 21.0. The molecule has 1 saturated heterocycles. The quantitative estimate of drug-likeness (QED) is 0.154. The van der Waals surface area contributed by atoms with Crippen LogP contribution in [0, 0.1) is 17.3 Å². The number of aryl methyl sites for hydroxylation is 1. The Kier molecular flexibility index (Phi) is 11.9. The van der Waals surface area contributed by atoms with Crippen molar-refractivity contribution in [2.75, 3.05) is 26.9 Å². The monoisotopic (exact) mass is 834 g/mol. The summed E-state index contributed by atoms with van der Waals surface area (Å²) in [5.74, 6) is -1.60. The largest absolute Gasteiger partial charge is 0.464 e. The Morgan fingerprint density at radius 3 is 2.73 bits per heavy atom. The minimum atomic E-state index is -1.14. The van der Waals surface area contributed by atoms with Gasteiger partial charge in [0.2, 0.25) is 5.91 Å². The van der Waals surface area contributed by atoms with Gasteiger partial charge >= 0.3 is 5.97 Å². The molecule has 4 aromatic heterocycles. The molecule has 6 heterocycles. The van der Waals surface area contributed by atoms with Crippen LogP contribution in [0.4, 0.5) is 0 Å². The van der Waals surface area contributed by atoms with Gasteiger partial charge in [-0.1, -0.05) is 26.8 Å². The van der Waals surface area contributed by atoms with Crippen LogP contribution in [-0.4, -0.2) is 86.2 Å². The standard InChI is InChI=1S/C45H54N8O6S/c1-8-52-34-15-14-27-20-29(34)30(39(52)28-12-10-17-47-37(28)26(4)57-7)21-45(5,6)23-59-44(56)32-13-11-19-53(51-32)43(55)38(40(58-9-2)42-49-33(27)22-60-42)50-41(54)36-25(3)35(36)31-16-18-46-24-48-31/h10,12,14-18,20,22,24-26,32,35-36,38,40,51H,8-9,11,13,19,21,23H2,1-7H3,(H,50,54)/t25-,26-,32-,35-,36+,38-,40-/m0/s1. The SMILES string of the molecule is CCO[C@@H]1c2nc(cs2)-c2ccc3c(c2)c(c(-c2cccnc2[C@H](C)OC)n3CC)CC(C)(C)COC(=O)[C@@H]2CCCN(N2)C(=O)[C@H]1NC(=O)[C@@H]1[C@@H](C)[C@H]1c1ccncn1. The van der Waals surface area contributed by atoms with Crippen molar-refractivity contribution < 1.29 is 28.6 Å². The Morgan fingerprint density at radius 2 is 1.98 bits per heavy atom. The highest BCUT2D eigenvalue weighted by Crippen LogP contribution is 2.53. The van der Waals surface area contributed by atoms with Crippen LogP contribution in [0.1, 0.15) is 94.5 Å². The summed E-state index contributed by atoms with van der Waals surface area (Å²) < 4.78 is 20.6. The van der Waals surface area contributed by atoms with Crippen molar-refractivity contribution in [1.29, 1.82) is 0 Å². The molecule has 0 unspecified atom stereocenters. The van der Waals surface area contributed by atoms with Crippen molar-refractivity contribution in [1.82, 2.24) is 40.3 Å². The van der Waals surface area contributed by atoms with Crippen LogP contribution >= 0.6 is 11.3 Å². The maximum Gasteiger partial charge on any atom is 0.324 e. The maximum absolute atomic E-state index is 14.7. The second kappa shape index (κ2) is 17.1. The maximum atomic E-state index is 14.7. The molecule has 2 N–H and O–H groups in total. The second-order valence-corrected chi connectivity index (χ2v) is 17.7. The van der Waals surface area contributed by atoms with Gasteiger partial charge in [-0.15, -0.1) is 11.3 Å². The van der Waals surface area contributed by atoms with E-state index in [1.54, 1.807) is 19.5 Å². The molecule has 3 aliphatic rings. The van der Waals surface area contributed by atoms with E-state index in [1.807, 2.05) is 38.3 Å². The predicted octanol–water partition coefficient (Wildman–Crippen LogP) is 6.58. The third kappa shape index (κ3) is 7.95. The topological polar surface area (TPSA) is 163 Å². The van der Waals surface area contributed by atoms with Gasteiger partial charge in [0, 0.05) is 89.6 Å². The first-order chi connectivity index (χ1) is 28.9. The van der Waals surface area contributed by atoms with E-state index in [1.165, 1.54) is 22.7 Å². The summed E-state index contributed by atoms with van der Waals surface area (Å²) in [5, 5.41) is 8.14. The number of thiazole rings is 1. The number of aromatic nitrogens is 5. The highest BCUT2D eigenvalue weighted by atomic mass is 32.1. The number of benzene rings is 1. The van der Waals surface area contributed by atoms with Gasteiger partial charge in [0.25, 0.3) is 5.91 Å². The van der Waals surface area contributed by atoms with E-state index in [2.05, 4.69) is 70.3 Å². The van der Waals surface area contributed by atoms with Crippen LogP contribution in [0.3, 0.4) is 0 Å². The fraction of sp³-hybridized carbons (Fsp3) is 0.489. The molecule has 6 bridgehead atoms. The summed E-state index contributed by atoms with van der Waals surface area (Å²) in [5.41, 5.74) is 10.1. The number of fused-ring (bicyclic) bond motifs is 6. The number of rotatable bonds is 9. The van der Waals surface area contributed by atoms with Gasteiger partial charge in [0.1, 0.15) is 29.5 Å². The summed E-state index contributed by atoms with van der Waals surface area (Å²) in [7, 11) is 1.69. The van der Waals surface area contributed by atoms with Gasteiger partial charge in [-0.05, 0) is 81.8 Å². The lowest BCUT2D eigenvalue weighted by molar-refractivity contribution is -0.156. The van der Waals surface area contributed by atoms with Crippen molar-refractivity contribution in [3.05, 3.63) is 82.5 Å². The molecule has 60 heavy (non-hydrogen) atoms. The molecule has 5 aromatic rings. The molecule has 1 aromatic carbocycles. The molecule has 1 saturated carbocycles. The van der Waals surface area contributed by atoms with Crippen LogP contribution in [-0.2, 0) is 41.6 Å². The first-order valence-corrected chi connectivity index (χ1v) is 21.8. The van der Waals surface area contributed by atoms with E-state index in [9.17, 15) is 14.4 Å². The highest BCUT2D eigenvalue weighted by Gasteiger charge is 2.54. The molecule has 15 heteroatoms. The molecule has 0 spiro atoms. The van der Waals surface area contributed by atoms with Crippen molar-refractivity contribution in [2.45, 2.75) is 97.6 Å². The van der Waals surface area contributed by atoms with Crippen LogP contribution in [0.25, 0.3) is 33.4 Å². The summed E-state index contributed by atoms with van der Waals surface area (Å²) in [4.78, 5) is 61.2. The average molecular weight is 835 g/mol. The molecule has 0 radical (unpaired) electrons. The third-order valence-corrected chi connectivity index (χ3v) is 13.1. The number of hydrogen-bond acceptors (Lipinski definition) is 12. The van der Waals surface area contributed by atoms with Crippen molar-refractivity contribution in [3.8, 4) is 22.5 Å². The Labute approximate surface area is 354 Å². The molecule has 1 aliphatic carbocycles. The third-order valence-electron chi connectivity index (χ3n) is 12.2.